The van der Waals surface area contributed by atoms with Crippen molar-refractivity contribution in [3.63, 3.8) is 0 Å². The molecule has 0 rings (SSSR count). The minimum Gasteiger partial charge on any atom is -0.394 e. The van der Waals surface area contributed by atoms with Gasteiger partial charge in [-0.2, -0.15) is 0 Å². The third-order valence-corrected chi connectivity index (χ3v) is 14.1. The molecule has 0 spiro atoms. The highest BCUT2D eigenvalue weighted by Gasteiger charge is 2.28. The number of allylic oxidation sites excluding steroid dienone is 6. The van der Waals surface area contributed by atoms with Gasteiger partial charge in [0.2, 0.25) is 5.91 Å². The number of carbonyl (C=O) groups excluding carboxylic acids is 1. The van der Waals surface area contributed by atoms with Gasteiger partial charge in [0.1, 0.15) is 12.2 Å². The van der Waals surface area contributed by atoms with Gasteiger partial charge in [-0.3, -0.25) is 4.79 Å². The Morgan fingerprint density at radius 3 is 0.940 bits per heavy atom. The first-order valence-corrected chi connectivity index (χ1v) is 29.9. The van der Waals surface area contributed by atoms with Gasteiger partial charge < -0.3 is 25.7 Å². The quantitative estimate of drug-likeness (QED) is 0.0308. The fourth-order valence-electron chi connectivity index (χ4n) is 9.38. The van der Waals surface area contributed by atoms with Gasteiger partial charge in [0.25, 0.3) is 0 Å². The van der Waals surface area contributed by atoms with Crippen LogP contribution in [0.4, 0.5) is 0 Å². The van der Waals surface area contributed by atoms with Crippen molar-refractivity contribution in [2.45, 2.75) is 340 Å². The zero-order chi connectivity index (χ0) is 48.8. The smallest absolute Gasteiger partial charge is 0.249 e. The fraction of sp³-hybridized carbons (Fsp3) is 0.885. The molecule has 6 heteroatoms. The van der Waals surface area contributed by atoms with Crippen molar-refractivity contribution >= 4 is 5.91 Å². The Bertz CT molecular complexity index is 1060. The van der Waals surface area contributed by atoms with Crippen LogP contribution in [0.3, 0.4) is 0 Å². The molecule has 0 bridgehead atoms. The maximum Gasteiger partial charge on any atom is 0.249 e. The second-order valence-corrected chi connectivity index (χ2v) is 20.7. The predicted octanol–water partition coefficient (Wildman–Crippen LogP) is 17.6. The van der Waals surface area contributed by atoms with E-state index in [0.29, 0.717) is 19.3 Å². The van der Waals surface area contributed by atoms with Crippen molar-refractivity contribution in [3.8, 4) is 0 Å². The lowest BCUT2D eigenvalue weighted by molar-refractivity contribution is -0.132. The van der Waals surface area contributed by atoms with Crippen molar-refractivity contribution < 1.29 is 25.2 Å². The summed E-state index contributed by atoms with van der Waals surface area (Å²) in [7, 11) is 0. The molecular formula is C61H117NO5. The first kappa shape index (κ1) is 65.5. The molecule has 0 saturated heterocycles. The van der Waals surface area contributed by atoms with Crippen LogP contribution in [0.1, 0.15) is 316 Å². The number of aliphatic hydroxyl groups excluding tert-OH is 4. The molecule has 0 aromatic rings. The van der Waals surface area contributed by atoms with Crippen LogP contribution >= 0.6 is 0 Å². The summed E-state index contributed by atoms with van der Waals surface area (Å²) in [5.74, 6) is -0.594. The van der Waals surface area contributed by atoms with Crippen LogP contribution < -0.4 is 5.32 Å². The molecule has 4 atom stereocenters. The Morgan fingerprint density at radius 1 is 0.358 bits per heavy atom. The number of nitrogens with one attached hydrogen (secondary N) is 1. The summed E-state index contributed by atoms with van der Waals surface area (Å²) in [6.07, 6.45) is 69.4. The van der Waals surface area contributed by atoms with Gasteiger partial charge >= 0.3 is 0 Å². The fourth-order valence-corrected chi connectivity index (χ4v) is 9.38. The second-order valence-electron chi connectivity index (χ2n) is 20.7. The van der Waals surface area contributed by atoms with Crippen LogP contribution in [0.5, 0.6) is 0 Å². The molecule has 1 amide bonds. The van der Waals surface area contributed by atoms with Crippen LogP contribution in [-0.4, -0.2) is 57.3 Å². The van der Waals surface area contributed by atoms with E-state index >= 15 is 0 Å². The van der Waals surface area contributed by atoms with E-state index in [4.69, 9.17) is 0 Å². The van der Waals surface area contributed by atoms with Gasteiger partial charge in [-0.15, -0.1) is 0 Å². The standard InChI is InChI=1S/C61H117NO5/c1-3-5-7-9-11-13-15-17-19-21-23-25-27-29-31-32-34-36-38-40-42-44-46-48-50-52-54-58(64)60(66)57(56-63)62-61(67)59(65)55-53-51-49-47-45-43-41-39-37-35-33-30-28-26-24-22-20-18-16-14-12-10-8-6-4-2/h31-32,38,40,46,48,57-60,63-66H,3-30,33-37,39,41-45,47,49-56H2,1-2H3,(H,62,67)/b32-31+,40-38+,48-46+. The molecule has 0 aromatic carbocycles. The van der Waals surface area contributed by atoms with Gasteiger partial charge in [0, 0.05) is 0 Å². The number of hydrogen-bond acceptors (Lipinski definition) is 5. The third-order valence-electron chi connectivity index (χ3n) is 14.1. The van der Waals surface area contributed by atoms with Crippen molar-refractivity contribution in [3.05, 3.63) is 36.5 Å². The summed E-state index contributed by atoms with van der Waals surface area (Å²) in [5, 5.41) is 44.0. The average molecular weight is 945 g/mol. The Kier molecular flexibility index (Phi) is 54.2. The zero-order valence-corrected chi connectivity index (χ0v) is 44.9. The number of rotatable bonds is 55. The Hall–Kier alpha value is -1.47. The second kappa shape index (κ2) is 55.5. The highest BCUT2D eigenvalue weighted by atomic mass is 16.3. The third kappa shape index (κ3) is 49.3. The minimum absolute atomic E-state index is 0.362. The van der Waals surface area contributed by atoms with Gasteiger partial charge in [0.15, 0.2) is 0 Å². The molecule has 5 N–H and O–H groups in total. The molecule has 0 aromatic heterocycles. The van der Waals surface area contributed by atoms with Crippen LogP contribution in [0, 0.1) is 0 Å². The van der Waals surface area contributed by atoms with E-state index in [1.807, 2.05) is 0 Å². The van der Waals surface area contributed by atoms with Crippen molar-refractivity contribution in [1.82, 2.24) is 5.32 Å². The summed E-state index contributed by atoms with van der Waals surface area (Å²) in [4.78, 5) is 12.6. The van der Waals surface area contributed by atoms with Crippen LogP contribution in [0.25, 0.3) is 0 Å². The molecule has 0 saturated carbocycles. The number of amides is 1. The number of carbonyl (C=O) groups is 1. The molecule has 0 aliphatic heterocycles. The van der Waals surface area contributed by atoms with E-state index in [9.17, 15) is 25.2 Å². The molecule has 0 aliphatic carbocycles. The molecule has 0 heterocycles. The topological polar surface area (TPSA) is 110 Å². The Labute approximate surface area is 417 Å². The maximum absolute atomic E-state index is 12.6. The highest BCUT2D eigenvalue weighted by molar-refractivity contribution is 5.80. The zero-order valence-electron chi connectivity index (χ0n) is 44.9. The lowest BCUT2D eigenvalue weighted by Crippen LogP contribution is -2.53. The molecule has 0 aliphatic rings. The van der Waals surface area contributed by atoms with E-state index in [1.165, 1.54) is 231 Å². The normalized spacial score (nSPS) is 13.9. The first-order valence-electron chi connectivity index (χ1n) is 29.9. The molecule has 4 unspecified atom stereocenters. The lowest BCUT2D eigenvalue weighted by Gasteiger charge is -2.27. The molecular weight excluding hydrogens is 827 g/mol. The van der Waals surface area contributed by atoms with Gasteiger partial charge in [-0.05, 0) is 64.2 Å². The van der Waals surface area contributed by atoms with E-state index in [1.54, 1.807) is 0 Å². The van der Waals surface area contributed by atoms with Crippen LogP contribution in [-0.2, 0) is 4.79 Å². The largest absolute Gasteiger partial charge is 0.394 e. The SMILES string of the molecule is CCCCCCCCCCCCCCC/C=C/CC/C=C/CC/C=C/CCCC(O)C(O)C(CO)NC(=O)C(O)CCCCCCCCCCCCCCCCCCCCCCCCCCC. The molecule has 0 radical (unpaired) electrons. The van der Waals surface area contributed by atoms with E-state index < -0.39 is 36.9 Å². The van der Waals surface area contributed by atoms with Crippen molar-refractivity contribution in [2.24, 2.45) is 0 Å². The average Bonchev–Trinajstić information content (AvgIpc) is 3.33. The highest BCUT2D eigenvalue weighted by Crippen LogP contribution is 2.18. The molecule has 0 fully saturated rings. The number of aliphatic hydroxyl groups is 4. The van der Waals surface area contributed by atoms with Gasteiger partial charge in [-0.25, -0.2) is 0 Å². The first-order chi connectivity index (χ1) is 33.0. The Morgan fingerprint density at radius 2 is 0.627 bits per heavy atom. The summed E-state index contributed by atoms with van der Waals surface area (Å²) in [5.41, 5.74) is 0. The predicted molar refractivity (Wildman–Crippen MR) is 293 cm³/mol. The van der Waals surface area contributed by atoms with Crippen LogP contribution in [0.15, 0.2) is 36.5 Å². The lowest BCUT2D eigenvalue weighted by atomic mass is 10.00. The van der Waals surface area contributed by atoms with Crippen molar-refractivity contribution in [2.75, 3.05) is 6.61 Å². The summed E-state index contributed by atoms with van der Waals surface area (Å²) >= 11 is 0. The summed E-state index contributed by atoms with van der Waals surface area (Å²) in [6, 6.07) is -1.01. The molecule has 396 valence electrons. The maximum atomic E-state index is 12.6. The van der Waals surface area contributed by atoms with E-state index in [-0.39, 0.29) is 0 Å². The number of unbranched alkanes of at least 4 members (excludes halogenated alkanes) is 40. The molecule has 67 heavy (non-hydrogen) atoms. The van der Waals surface area contributed by atoms with E-state index in [2.05, 4.69) is 55.6 Å². The van der Waals surface area contributed by atoms with Gasteiger partial charge in [0.05, 0.1) is 18.8 Å². The van der Waals surface area contributed by atoms with Crippen molar-refractivity contribution in [1.29, 1.82) is 0 Å². The van der Waals surface area contributed by atoms with Crippen LogP contribution in [0.2, 0.25) is 0 Å². The van der Waals surface area contributed by atoms with E-state index in [0.717, 1.165) is 51.4 Å². The molecule has 6 nitrogen and oxygen atoms in total. The summed E-state index contributed by atoms with van der Waals surface area (Å²) in [6.45, 7) is 4.08. The summed E-state index contributed by atoms with van der Waals surface area (Å²) < 4.78 is 0. The minimum atomic E-state index is -1.29. The monoisotopic (exact) mass is 944 g/mol. The van der Waals surface area contributed by atoms with Gasteiger partial charge in [-0.1, -0.05) is 288 Å². The number of hydrogen-bond donors (Lipinski definition) is 5. The Balaban J connectivity index is 3.67.